The highest BCUT2D eigenvalue weighted by molar-refractivity contribution is 6.25. The molecule has 1 saturated heterocycles. The van der Waals surface area contributed by atoms with Crippen LogP contribution in [0.5, 0.6) is 5.75 Å². The van der Waals surface area contributed by atoms with Crippen molar-refractivity contribution < 1.29 is 38.1 Å². The molecule has 0 bridgehead atoms. The molecule has 1 atom stereocenters. The van der Waals surface area contributed by atoms with E-state index in [0.29, 0.717) is 58.5 Å². The third-order valence-electron chi connectivity index (χ3n) is 6.29. The zero-order valence-corrected chi connectivity index (χ0v) is 22.0. The Kier molecular flexibility index (Phi) is 10.2. The highest BCUT2D eigenvalue weighted by Crippen LogP contribution is 2.32. The lowest BCUT2D eigenvalue weighted by atomic mass is 10.0. The molecule has 210 valence electrons. The molecule has 11 nitrogen and oxygen atoms in total. The van der Waals surface area contributed by atoms with Crippen LogP contribution < -0.4 is 15.4 Å². The second kappa shape index (κ2) is 14.2. The van der Waals surface area contributed by atoms with Gasteiger partial charge in [0.15, 0.2) is 0 Å². The molecule has 1 unspecified atom stereocenters. The van der Waals surface area contributed by atoms with E-state index in [0.717, 1.165) is 16.2 Å². The molecule has 11 heteroatoms. The van der Waals surface area contributed by atoms with E-state index in [4.69, 9.17) is 25.4 Å². The van der Waals surface area contributed by atoms with E-state index >= 15 is 0 Å². The van der Waals surface area contributed by atoms with Crippen molar-refractivity contribution in [3.63, 3.8) is 0 Å². The van der Waals surface area contributed by atoms with Crippen molar-refractivity contribution in [2.45, 2.75) is 18.9 Å². The van der Waals surface area contributed by atoms with Gasteiger partial charge in [0.2, 0.25) is 11.8 Å². The molecule has 2 aromatic rings. The Labute approximate surface area is 232 Å². The summed E-state index contributed by atoms with van der Waals surface area (Å²) in [5.74, 6) is 1.13. The molecule has 40 heavy (non-hydrogen) atoms. The molecular formula is C29H31N3O8. The van der Waals surface area contributed by atoms with Crippen molar-refractivity contribution in [1.29, 1.82) is 0 Å². The van der Waals surface area contributed by atoms with Gasteiger partial charge in [-0.1, -0.05) is 12.0 Å². The second-order valence-corrected chi connectivity index (χ2v) is 8.96. The normalized spacial score (nSPS) is 16.5. The molecule has 0 aromatic heterocycles. The summed E-state index contributed by atoms with van der Waals surface area (Å²) in [6.07, 6.45) is 5.51. The Morgan fingerprint density at radius 3 is 2.23 bits per heavy atom. The number of fused-ring (bicyclic) bond motifs is 1. The molecule has 2 N–H and O–H groups in total. The highest BCUT2D eigenvalue weighted by atomic mass is 16.6. The van der Waals surface area contributed by atoms with Gasteiger partial charge in [-0.2, -0.15) is 0 Å². The Bertz CT molecular complexity index is 1270. The van der Waals surface area contributed by atoms with Gasteiger partial charge in [0.1, 0.15) is 18.4 Å². The number of hydrogen-bond donors (Lipinski definition) is 2. The maximum atomic E-state index is 13.1. The van der Waals surface area contributed by atoms with Crippen molar-refractivity contribution in [2.24, 2.45) is 0 Å². The van der Waals surface area contributed by atoms with Crippen LogP contribution in [-0.4, -0.2) is 87.4 Å². The topological polar surface area (TPSA) is 132 Å². The summed E-state index contributed by atoms with van der Waals surface area (Å²) in [5.41, 5.74) is 1.72. The van der Waals surface area contributed by atoms with Gasteiger partial charge in [0.25, 0.3) is 11.8 Å². The molecule has 4 rings (SSSR count). The number of carbonyl (C=O) groups is 4. The molecule has 0 radical (unpaired) electrons. The van der Waals surface area contributed by atoms with Gasteiger partial charge in [-0.15, -0.1) is 6.42 Å². The van der Waals surface area contributed by atoms with Gasteiger partial charge >= 0.3 is 0 Å². The average molecular weight is 550 g/mol. The van der Waals surface area contributed by atoms with E-state index in [1.54, 1.807) is 18.2 Å². The number of carbonyl (C=O) groups excluding carboxylic acids is 4. The minimum Gasteiger partial charge on any atom is -0.491 e. The van der Waals surface area contributed by atoms with Gasteiger partial charge in [0.05, 0.1) is 50.8 Å². The first-order valence-corrected chi connectivity index (χ1v) is 13.0. The molecule has 2 aliphatic heterocycles. The van der Waals surface area contributed by atoms with Crippen LogP contribution in [0.25, 0.3) is 0 Å². The number of terminal acetylenes is 1. The molecule has 2 heterocycles. The Morgan fingerprint density at radius 2 is 1.55 bits per heavy atom. The first-order valence-electron chi connectivity index (χ1n) is 13.0. The lowest BCUT2D eigenvalue weighted by Crippen LogP contribution is -2.54. The van der Waals surface area contributed by atoms with Gasteiger partial charge in [-0.05, 0) is 42.8 Å². The average Bonchev–Trinajstić information content (AvgIpc) is 3.21. The third kappa shape index (κ3) is 7.24. The zero-order valence-electron chi connectivity index (χ0n) is 22.0. The quantitative estimate of drug-likeness (QED) is 0.193. The molecule has 2 aromatic carbocycles. The van der Waals surface area contributed by atoms with Crippen molar-refractivity contribution in [2.75, 3.05) is 58.1 Å². The first-order chi connectivity index (χ1) is 19.5. The second-order valence-electron chi connectivity index (χ2n) is 8.96. The van der Waals surface area contributed by atoms with Gasteiger partial charge in [-0.3, -0.25) is 29.4 Å². The molecule has 2 aliphatic rings. The predicted octanol–water partition coefficient (Wildman–Crippen LogP) is 1.61. The Morgan fingerprint density at radius 1 is 0.875 bits per heavy atom. The number of hydrogen-bond acceptors (Lipinski definition) is 9. The number of benzene rings is 2. The minimum atomic E-state index is -1.00. The summed E-state index contributed by atoms with van der Waals surface area (Å²) in [6.45, 7) is 3.24. The fourth-order valence-corrected chi connectivity index (χ4v) is 4.33. The summed E-state index contributed by atoms with van der Waals surface area (Å²) in [6, 6.07) is 11.2. The first kappa shape index (κ1) is 28.8. The van der Waals surface area contributed by atoms with Crippen LogP contribution in [0.3, 0.4) is 0 Å². The molecular weight excluding hydrogens is 518 g/mol. The van der Waals surface area contributed by atoms with Crippen molar-refractivity contribution in [3.05, 3.63) is 59.2 Å². The van der Waals surface area contributed by atoms with E-state index in [-0.39, 0.29) is 24.0 Å². The van der Waals surface area contributed by atoms with Gasteiger partial charge in [0, 0.05) is 24.2 Å². The zero-order chi connectivity index (χ0) is 28.3. The summed E-state index contributed by atoms with van der Waals surface area (Å²) in [4.78, 5) is 50.6. The van der Waals surface area contributed by atoms with Crippen molar-refractivity contribution >= 4 is 29.3 Å². The third-order valence-corrected chi connectivity index (χ3v) is 6.29. The van der Waals surface area contributed by atoms with Crippen LogP contribution in [0.2, 0.25) is 0 Å². The standard InChI is InChI=1S/C29H31N3O8/c1-2-20-6-8-21(9-7-20)40-19-18-39-17-16-38-15-14-37-13-12-30-23-5-3-4-22-26(23)29(36)32(28(22)35)24-10-11-25(33)31-27(24)34/h1,3-9,24,30H,10-19H2,(H,31,33,34). The fourth-order valence-electron chi connectivity index (χ4n) is 4.33. The van der Waals surface area contributed by atoms with E-state index in [2.05, 4.69) is 16.6 Å². The van der Waals surface area contributed by atoms with Gasteiger partial charge in [-0.25, -0.2) is 0 Å². The molecule has 1 fully saturated rings. The monoisotopic (exact) mass is 549 g/mol. The molecule has 4 amide bonds. The number of nitrogens with zero attached hydrogens (tertiary/aromatic N) is 1. The number of rotatable bonds is 15. The number of ether oxygens (including phenoxy) is 4. The van der Waals surface area contributed by atoms with Crippen molar-refractivity contribution in [1.82, 2.24) is 10.2 Å². The van der Waals surface area contributed by atoms with E-state index in [9.17, 15) is 19.2 Å². The maximum Gasteiger partial charge on any atom is 0.264 e. The van der Waals surface area contributed by atoms with Crippen LogP contribution in [0.4, 0.5) is 5.69 Å². The summed E-state index contributed by atoms with van der Waals surface area (Å²) >= 11 is 0. The predicted molar refractivity (Wildman–Crippen MR) is 144 cm³/mol. The smallest absolute Gasteiger partial charge is 0.264 e. The summed E-state index contributed by atoms with van der Waals surface area (Å²) in [7, 11) is 0. The van der Waals surface area contributed by atoms with Crippen LogP contribution in [-0.2, 0) is 23.8 Å². The number of piperidine rings is 1. The fraction of sp³-hybridized carbons (Fsp3) is 0.379. The molecule has 0 saturated carbocycles. The number of nitrogens with one attached hydrogen (secondary N) is 2. The SMILES string of the molecule is C#Cc1ccc(OCCOCCOCCOCCNc2cccc3c2C(=O)N(C2CCC(=O)NC2=O)C3=O)cc1. The molecule has 0 aliphatic carbocycles. The van der Waals surface area contributed by atoms with E-state index < -0.39 is 29.7 Å². The Balaban J connectivity index is 1.07. The summed E-state index contributed by atoms with van der Waals surface area (Å²) in [5, 5.41) is 5.32. The number of anilines is 1. The van der Waals surface area contributed by atoms with Crippen LogP contribution in [0, 0.1) is 12.3 Å². The van der Waals surface area contributed by atoms with Crippen LogP contribution >= 0.6 is 0 Å². The highest BCUT2D eigenvalue weighted by Gasteiger charge is 2.45. The number of amides is 4. The van der Waals surface area contributed by atoms with Crippen LogP contribution in [0.1, 0.15) is 39.1 Å². The lowest BCUT2D eigenvalue weighted by Gasteiger charge is -2.27. The molecule has 0 spiro atoms. The Hall–Kier alpha value is -4.24. The van der Waals surface area contributed by atoms with Crippen molar-refractivity contribution in [3.8, 4) is 18.1 Å². The summed E-state index contributed by atoms with van der Waals surface area (Å²) < 4.78 is 22.1. The maximum absolute atomic E-state index is 13.1. The van der Waals surface area contributed by atoms with E-state index in [1.165, 1.54) is 0 Å². The largest absolute Gasteiger partial charge is 0.491 e. The lowest BCUT2D eigenvalue weighted by molar-refractivity contribution is -0.136. The van der Waals surface area contributed by atoms with E-state index in [1.807, 2.05) is 24.3 Å². The van der Waals surface area contributed by atoms with Gasteiger partial charge < -0.3 is 24.3 Å². The minimum absolute atomic E-state index is 0.0714. The van der Waals surface area contributed by atoms with Crippen LogP contribution in [0.15, 0.2) is 42.5 Å². The number of imide groups is 2.